The Morgan fingerprint density at radius 3 is 2.04 bits per heavy atom. The molecule has 3 nitrogen and oxygen atoms in total. The van der Waals surface area contributed by atoms with Gasteiger partial charge in [-0.3, -0.25) is 0 Å². The van der Waals surface area contributed by atoms with Crippen LogP contribution in [0.1, 0.15) is 11.1 Å². The number of carbonyl (C=O) groups excluding carboxylic acids is 1. The molecule has 0 aliphatic carbocycles. The number of carbonyl (C=O) groups is 1. The molecular formula is C24H18O3. The van der Waals surface area contributed by atoms with Gasteiger partial charge in [0.25, 0.3) is 0 Å². The van der Waals surface area contributed by atoms with Crippen molar-refractivity contribution in [1.29, 1.82) is 0 Å². The predicted octanol–water partition coefficient (Wildman–Crippen LogP) is 5.34. The molecule has 1 aliphatic heterocycles. The fraction of sp³-hybridized carbons (Fsp3) is 0.0417. The van der Waals surface area contributed by atoms with Crippen LogP contribution in [-0.2, 0) is 9.53 Å². The van der Waals surface area contributed by atoms with E-state index in [1.807, 2.05) is 84.9 Å². The Morgan fingerprint density at radius 2 is 1.41 bits per heavy atom. The second kappa shape index (κ2) is 7.34. The van der Waals surface area contributed by atoms with E-state index in [-0.39, 0.29) is 5.97 Å². The molecule has 0 amide bonds. The Labute approximate surface area is 158 Å². The molecule has 0 N–H and O–H groups in total. The molecule has 27 heavy (non-hydrogen) atoms. The van der Waals surface area contributed by atoms with E-state index >= 15 is 0 Å². The summed E-state index contributed by atoms with van der Waals surface area (Å²) in [6.07, 6.45) is 3.65. The van der Waals surface area contributed by atoms with Crippen LogP contribution in [-0.4, -0.2) is 13.1 Å². The van der Waals surface area contributed by atoms with Crippen molar-refractivity contribution in [1.82, 2.24) is 0 Å². The van der Waals surface area contributed by atoms with Gasteiger partial charge in [-0.25, -0.2) is 4.79 Å². The first-order valence-electron chi connectivity index (χ1n) is 8.68. The SMILES string of the molecule is COc1ccc(-c2ccc(/C=C3/C=C(c4ccccc4)C(=O)O3)cc2)cc1. The minimum Gasteiger partial charge on any atom is -0.497 e. The highest BCUT2D eigenvalue weighted by atomic mass is 16.5. The highest BCUT2D eigenvalue weighted by Gasteiger charge is 2.22. The third kappa shape index (κ3) is 3.67. The molecule has 0 radical (unpaired) electrons. The van der Waals surface area contributed by atoms with Crippen LogP contribution in [0.25, 0.3) is 22.8 Å². The van der Waals surface area contributed by atoms with Crippen molar-refractivity contribution >= 4 is 17.6 Å². The van der Waals surface area contributed by atoms with Crippen LogP contribution in [0.15, 0.2) is 90.7 Å². The molecule has 3 heteroatoms. The zero-order chi connectivity index (χ0) is 18.6. The zero-order valence-corrected chi connectivity index (χ0v) is 14.9. The maximum absolute atomic E-state index is 12.1. The smallest absolute Gasteiger partial charge is 0.344 e. The average Bonchev–Trinajstić information content (AvgIpc) is 3.09. The third-order valence-corrected chi connectivity index (χ3v) is 4.44. The first-order chi connectivity index (χ1) is 13.2. The van der Waals surface area contributed by atoms with E-state index in [4.69, 9.17) is 9.47 Å². The number of rotatable bonds is 4. The Kier molecular flexibility index (Phi) is 4.58. The minimum atomic E-state index is -0.317. The summed E-state index contributed by atoms with van der Waals surface area (Å²) in [5.74, 6) is 1.07. The van der Waals surface area contributed by atoms with Crippen LogP contribution in [0, 0.1) is 0 Å². The normalized spacial score (nSPS) is 14.8. The Morgan fingerprint density at radius 1 is 0.778 bits per heavy atom. The summed E-state index contributed by atoms with van der Waals surface area (Å²) in [6.45, 7) is 0. The quantitative estimate of drug-likeness (QED) is 0.593. The van der Waals surface area contributed by atoms with Crippen LogP contribution >= 0.6 is 0 Å². The molecule has 1 aliphatic rings. The van der Waals surface area contributed by atoms with Gasteiger partial charge in [0.15, 0.2) is 0 Å². The molecule has 0 bridgehead atoms. The van der Waals surface area contributed by atoms with E-state index in [1.165, 1.54) is 0 Å². The van der Waals surface area contributed by atoms with Crippen molar-refractivity contribution in [2.24, 2.45) is 0 Å². The monoisotopic (exact) mass is 354 g/mol. The van der Waals surface area contributed by atoms with Gasteiger partial charge in [0, 0.05) is 0 Å². The van der Waals surface area contributed by atoms with E-state index in [2.05, 4.69) is 0 Å². The van der Waals surface area contributed by atoms with Gasteiger partial charge in [0.2, 0.25) is 0 Å². The lowest BCUT2D eigenvalue weighted by molar-refractivity contribution is -0.131. The van der Waals surface area contributed by atoms with Crippen molar-refractivity contribution in [2.75, 3.05) is 7.11 Å². The van der Waals surface area contributed by atoms with Crippen LogP contribution in [0.2, 0.25) is 0 Å². The summed E-state index contributed by atoms with van der Waals surface area (Å²) in [4.78, 5) is 12.1. The predicted molar refractivity (Wildman–Crippen MR) is 107 cm³/mol. The van der Waals surface area contributed by atoms with Crippen LogP contribution in [0.3, 0.4) is 0 Å². The molecule has 0 fully saturated rings. The number of allylic oxidation sites excluding steroid dienone is 1. The van der Waals surface area contributed by atoms with Crippen molar-refractivity contribution in [3.8, 4) is 16.9 Å². The highest BCUT2D eigenvalue weighted by Crippen LogP contribution is 2.28. The van der Waals surface area contributed by atoms with Crippen molar-refractivity contribution < 1.29 is 14.3 Å². The van der Waals surface area contributed by atoms with Gasteiger partial charge < -0.3 is 9.47 Å². The summed E-state index contributed by atoms with van der Waals surface area (Å²) in [5, 5.41) is 0. The van der Waals surface area contributed by atoms with Gasteiger partial charge in [-0.05, 0) is 46.5 Å². The lowest BCUT2D eigenvalue weighted by Crippen LogP contribution is -1.97. The van der Waals surface area contributed by atoms with Crippen molar-refractivity contribution in [3.63, 3.8) is 0 Å². The first-order valence-corrected chi connectivity index (χ1v) is 8.68. The molecular weight excluding hydrogens is 336 g/mol. The third-order valence-electron chi connectivity index (χ3n) is 4.44. The van der Waals surface area contributed by atoms with Gasteiger partial charge in [0.1, 0.15) is 11.5 Å². The molecule has 3 aromatic carbocycles. The van der Waals surface area contributed by atoms with Gasteiger partial charge in [0.05, 0.1) is 12.7 Å². The van der Waals surface area contributed by atoms with Crippen LogP contribution in [0.4, 0.5) is 0 Å². The van der Waals surface area contributed by atoms with Crippen LogP contribution in [0.5, 0.6) is 5.75 Å². The standard InChI is InChI=1S/C24H18O3/c1-26-21-13-11-19(12-14-21)18-9-7-17(8-10-18)15-22-16-23(24(25)27-22)20-5-3-2-4-6-20/h2-16H,1H3/b22-15-. The van der Waals surface area contributed by atoms with E-state index in [9.17, 15) is 4.79 Å². The first kappa shape index (κ1) is 16.9. The number of methoxy groups -OCH3 is 1. The van der Waals surface area contributed by atoms with E-state index in [0.29, 0.717) is 11.3 Å². The minimum absolute atomic E-state index is 0.317. The topological polar surface area (TPSA) is 35.5 Å². The maximum atomic E-state index is 12.1. The lowest BCUT2D eigenvalue weighted by Gasteiger charge is -2.04. The number of esters is 1. The van der Waals surface area contributed by atoms with Crippen LogP contribution < -0.4 is 4.74 Å². The summed E-state index contributed by atoms with van der Waals surface area (Å²) >= 11 is 0. The summed E-state index contributed by atoms with van der Waals surface area (Å²) in [7, 11) is 1.66. The molecule has 3 aromatic rings. The van der Waals surface area contributed by atoms with Crippen molar-refractivity contribution in [3.05, 3.63) is 102 Å². The molecule has 4 rings (SSSR count). The number of hydrogen-bond donors (Lipinski definition) is 0. The summed E-state index contributed by atoms with van der Waals surface area (Å²) in [5.41, 5.74) is 4.65. The van der Waals surface area contributed by atoms with Crippen molar-refractivity contribution in [2.45, 2.75) is 0 Å². The molecule has 0 unspecified atom stereocenters. The summed E-state index contributed by atoms with van der Waals surface area (Å²) in [6, 6.07) is 25.6. The molecule has 0 atom stereocenters. The second-order valence-electron chi connectivity index (χ2n) is 6.21. The maximum Gasteiger partial charge on any atom is 0.344 e. The summed E-state index contributed by atoms with van der Waals surface area (Å²) < 4.78 is 10.6. The second-order valence-corrected chi connectivity index (χ2v) is 6.21. The molecule has 0 spiro atoms. The Bertz CT molecular complexity index is 1010. The molecule has 0 saturated carbocycles. The Hall–Kier alpha value is -3.59. The molecule has 0 aromatic heterocycles. The number of ether oxygens (including phenoxy) is 2. The average molecular weight is 354 g/mol. The van der Waals surface area contributed by atoms with Gasteiger partial charge in [-0.15, -0.1) is 0 Å². The molecule has 132 valence electrons. The van der Waals surface area contributed by atoms with Gasteiger partial charge >= 0.3 is 5.97 Å². The number of cyclic esters (lactones) is 1. The number of benzene rings is 3. The van der Waals surface area contributed by atoms with E-state index in [0.717, 1.165) is 28.0 Å². The van der Waals surface area contributed by atoms with Gasteiger partial charge in [-0.2, -0.15) is 0 Å². The molecule has 0 saturated heterocycles. The highest BCUT2D eigenvalue weighted by molar-refractivity contribution is 6.19. The van der Waals surface area contributed by atoms with Gasteiger partial charge in [-0.1, -0.05) is 66.7 Å². The fourth-order valence-electron chi connectivity index (χ4n) is 3.00. The Balaban J connectivity index is 1.56. The van der Waals surface area contributed by atoms with E-state index in [1.54, 1.807) is 13.2 Å². The zero-order valence-electron chi connectivity index (χ0n) is 14.9. The number of hydrogen-bond acceptors (Lipinski definition) is 3. The fourth-order valence-corrected chi connectivity index (χ4v) is 3.00. The molecule has 1 heterocycles. The largest absolute Gasteiger partial charge is 0.497 e. The lowest BCUT2D eigenvalue weighted by atomic mass is 10.0. The van der Waals surface area contributed by atoms with E-state index < -0.39 is 0 Å².